The van der Waals surface area contributed by atoms with Crippen LogP contribution in [0.2, 0.25) is 0 Å². The van der Waals surface area contributed by atoms with Gasteiger partial charge in [0, 0.05) is 10.3 Å². The van der Waals surface area contributed by atoms with Crippen molar-refractivity contribution in [3.63, 3.8) is 0 Å². The minimum atomic E-state index is -2.70. The van der Waals surface area contributed by atoms with Crippen LogP contribution in [0.15, 0.2) is 15.8 Å². The number of aryl methyl sites for hydroxylation is 1. The van der Waals surface area contributed by atoms with Gasteiger partial charge < -0.3 is 9.47 Å². The van der Waals surface area contributed by atoms with Gasteiger partial charge in [0.1, 0.15) is 0 Å². The van der Waals surface area contributed by atoms with E-state index in [1.165, 1.54) is 0 Å². The summed E-state index contributed by atoms with van der Waals surface area (Å²) in [6.07, 6.45) is -1.08. The van der Waals surface area contributed by atoms with Crippen molar-refractivity contribution in [1.82, 2.24) is 0 Å². The van der Waals surface area contributed by atoms with Gasteiger partial charge in [-0.2, -0.15) is 8.42 Å². The molecule has 0 unspecified atom stereocenters. The molecule has 0 aromatic carbocycles. The van der Waals surface area contributed by atoms with Gasteiger partial charge >= 0.3 is 22.6 Å². The molecule has 0 radical (unpaired) electrons. The summed E-state index contributed by atoms with van der Waals surface area (Å²) >= 11 is 1.56. The molecule has 0 saturated heterocycles. The van der Waals surface area contributed by atoms with E-state index < -0.39 is 16.6 Å². The van der Waals surface area contributed by atoms with Crippen molar-refractivity contribution in [1.29, 1.82) is 0 Å². The highest BCUT2D eigenvalue weighted by molar-refractivity contribution is 7.62. The van der Waals surface area contributed by atoms with E-state index >= 15 is 0 Å². The molecule has 0 aliphatic rings. The van der Waals surface area contributed by atoms with Crippen LogP contribution in [0, 0.1) is 6.92 Å². The molecule has 0 spiro atoms. The maximum absolute atomic E-state index is 11.0. The van der Waals surface area contributed by atoms with E-state index in [0.29, 0.717) is 12.2 Å². The van der Waals surface area contributed by atoms with Crippen molar-refractivity contribution in [3.8, 4) is 0 Å². The molecule has 1 heterocycles. The first-order valence-electron chi connectivity index (χ1n) is 5.60. The number of nitrogens with zero attached hydrogens (tertiary/aromatic N) is 1. The molecule has 7 nitrogen and oxygen atoms in total. The van der Waals surface area contributed by atoms with Crippen LogP contribution < -0.4 is 0 Å². The second-order valence-electron chi connectivity index (χ2n) is 3.17. The smallest absolute Gasteiger partial charge is 0.448 e. The number of amides is 1. The van der Waals surface area contributed by atoms with E-state index in [0.717, 1.165) is 4.88 Å². The largest absolute Gasteiger partial charge is 0.462 e. The number of rotatable bonds is 3. The van der Waals surface area contributed by atoms with Gasteiger partial charge in [0.25, 0.3) is 0 Å². The summed E-state index contributed by atoms with van der Waals surface area (Å²) < 4.78 is 30.7. The fourth-order valence-corrected chi connectivity index (χ4v) is 1.82. The highest BCUT2D eigenvalue weighted by Crippen LogP contribution is 2.13. The van der Waals surface area contributed by atoms with Crippen LogP contribution in [-0.2, 0) is 20.0 Å². The van der Waals surface area contributed by atoms with Crippen molar-refractivity contribution in [3.05, 3.63) is 21.9 Å². The summed E-state index contributed by atoms with van der Waals surface area (Å²) in [6.45, 7) is 5.89. The highest BCUT2D eigenvalue weighted by Gasteiger charge is 2.06. The fourth-order valence-electron chi connectivity index (χ4n) is 0.976. The Hall–Kier alpha value is -1.74. The van der Waals surface area contributed by atoms with Gasteiger partial charge in [-0.15, -0.1) is 11.3 Å². The van der Waals surface area contributed by atoms with E-state index in [2.05, 4.69) is 9.10 Å². The standard InChI is InChI=1S/C8H10O2S.C3H5NO4S/c1-3-10-8(9)7-4-6(2)11-5-7;1-2-8-3(5)4-9(6)7/h4-5H,3H2,1-2H3;2H2,1H3. The molecule has 1 rings (SSSR count). The predicted molar refractivity (Wildman–Crippen MR) is 73.4 cm³/mol. The van der Waals surface area contributed by atoms with Crippen molar-refractivity contribution in [2.24, 2.45) is 4.36 Å². The lowest BCUT2D eigenvalue weighted by Gasteiger charge is -1.96. The van der Waals surface area contributed by atoms with Gasteiger partial charge in [-0.05, 0) is 26.8 Å². The first kappa shape index (κ1) is 18.3. The van der Waals surface area contributed by atoms with Crippen LogP contribution in [-0.4, -0.2) is 33.7 Å². The van der Waals surface area contributed by atoms with Gasteiger partial charge in [-0.1, -0.05) is 4.36 Å². The van der Waals surface area contributed by atoms with Crippen LogP contribution in [0.5, 0.6) is 0 Å². The second kappa shape index (κ2) is 10.1. The predicted octanol–water partition coefficient (Wildman–Crippen LogP) is 2.44. The summed E-state index contributed by atoms with van der Waals surface area (Å²) in [5.74, 6) is -0.225. The van der Waals surface area contributed by atoms with Gasteiger partial charge in [0.2, 0.25) is 0 Å². The minimum Gasteiger partial charge on any atom is -0.462 e. The van der Waals surface area contributed by atoms with Crippen molar-refractivity contribution in [2.75, 3.05) is 13.2 Å². The summed E-state index contributed by atoms with van der Waals surface area (Å²) in [6, 6.07) is 1.84. The van der Waals surface area contributed by atoms with E-state index in [4.69, 9.17) is 4.74 Å². The van der Waals surface area contributed by atoms with Gasteiger partial charge in [-0.25, -0.2) is 9.59 Å². The second-order valence-corrected chi connectivity index (χ2v) is 4.91. The molecule has 0 saturated carbocycles. The molecule has 0 atom stereocenters. The summed E-state index contributed by atoms with van der Waals surface area (Å²) in [5.41, 5.74) is 0.661. The number of esters is 1. The number of carbonyl (C=O) groups is 2. The molecular formula is C11H15NO6S2. The Balaban J connectivity index is 0.000000370. The molecule has 112 valence electrons. The Labute approximate surface area is 122 Å². The molecule has 0 fully saturated rings. The first-order valence-corrected chi connectivity index (χ1v) is 7.51. The average Bonchev–Trinajstić information content (AvgIpc) is 2.76. The molecule has 1 aromatic rings. The van der Waals surface area contributed by atoms with Gasteiger partial charge in [-0.3, -0.25) is 0 Å². The zero-order valence-electron chi connectivity index (χ0n) is 11.3. The zero-order chi connectivity index (χ0) is 15.5. The van der Waals surface area contributed by atoms with E-state index in [1.807, 2.05) is 18.4 Å². The van der Waals surface area contributed by atoms with Crippen LogP contribution in [0.3, 0.4) is 0 Å². The van der Waals surface area contributed by atoms with Gasteiger partial charge in [0.05, 0.1) is 18.8 Å². The number of hydrogen-bond donors (Lipinski definition) is 0. The molecule has 0 aliphatic heterocycles. The van der Waals surface area contributed by atoms with Crippen LogP contribution in [0.25, 0.3) is 0 Å². The Kier molecular flexibility index (Phi) is 9.22. The molecular weight excluding hydrogens is 306 g/mol. The van der Waals surface area contributed by atoms with Crippen molar-refractivity contribution < 1.29 is 27.5 Å². The van der Waals surface area contributed by atoms with E-state index in [1.54, 1.807) is 25.2 Å². The SMILES string of the molecule is CCOC(=O)N=S(=O)=O.CCOC(=O)c1csc(C)c1. The lowest BCUT2D eigenvalue weighted by atomic mass is 10.3. The summed E-state index contributed by atoms with van der Waals surface area (Å²) in [4.78, 5) is 22.2. The summed E-state index contributed by atoms with van der Waals surface area (Å²) in [7, 11) is -2.70. The Morgan fingerprint density at radius 2 is 1.85 bits per heavy atom. The van der Waals surface area contributed by atoms with Crippen LogP contribution >= 0.6 is 11.3 Å². The Morgan fingerprint density at radius 1 is 1.25 bits per heavy atom. The summed E-state index contributed by atoms with van der Waals surface area (Å²) in [5, 5.41) is 1.81. The molecule has 0 aliphatic carbocycles. The first-order chi connectivity index (χ1) is 9.40. The molecule has 1 aromatic heterocycles. The van der Waals surface area contributed by atoms with Crippen molar-refractivity contribution >= 4 is 33.9 Å². The highest BCUT2D eigenvalue weighted by atomic mass is 32.2. The lowest BCUT2D eigenvalue weighted by molar-refractivity contribution is 0.0527. The number of hydrogen-bond acceptors (Lipinski definition) is 7. The molecule has 20 heavy (non-hydrogen) atoms. The Morgan fingerprint density at radius 3 is 2.25 bits per heavy atom. The quantitative estimate of drug-likeness (QED) is 0.793. The van der Waals surface area contributed by atoms with E-state index in [-0.39, 0.29) is 12.6 Å². The third-order valence-electron chi connectivity index (χ3n) is 1.66. The maximum Gasteiger partial charge on any atom is 0.448 e. The molecule has 0 bridgehead atoms. The average molecular weight is 321 g/mol. The third kappa shape index (κ3) is 8.38. The normalized spacial score (nSPS) is 8.95. The minimum absolute atomic E-state index is 0.125. The maximum atomic E-state index is 11.0. The lowest BCUT2D eigenvalue weighted by Crippen LogP contribution is -2.02. The van der Waals surface area contributed by atoms with Gasteiger partial charge in [0.15, 0.2) is 0 Å². The topological polar surface area (TPSA) is 99.1 Å². The fraction of sp³-hybridized carbons (Fsp3) is 0.455. The molecule has 0 N–H and O–H groups in total. The molecule has 1 amide bonds. The van der Waals surface area contributed by atoms with Crippen LogP contribution in [0.1, 0.15) is 29.1 Å². The van der Waals surface area contributed by atoms with E-state index in [9.17, 15) is 18.0 Å². The number of thiophene rings is 1. The molecule has 9 heteroatoms. The monoisotopic (exact) mass is 321 g/mol. The Bertz CT molecular complexity index is 567. The number of carbonyl (C=O) groups excluding carboxylic acids is 2. The zero-order valence-corrected chi connectivity index (χ0v) is 12.9. The number of ether oxygens (including phenoxy) is 2. The van der Waals surface area contributed by atoms with Crippen LogP contribution in [0.4, 0.5) is 4.79 Å². The van der Waals surface area contributed by atoms with Crippen molar-refractivity contribution in [2.45, 2.75) is 20.8 Å². The third-order valence-corrected chi connectivity index (χ3v) is 2.82.